The van der Waals surface area contributed by atoms with E-state index in [0.717, 1.165) is 24.2 Å². The van der Waals surface area contributed by atoms with Gasteiger partial charge in [0.15, 0.2) is 0 Å². The van der Waals surface area contributed by atoms with E-state index < -0.39 is 0 Å². The van der Waals surface area contributed by atoms with E-state index in [1.165, 1.54) is 0 Å². The number of ether oxygens (including phenoxy) is 1. The van der Waals surface area contributed by atoms with Crippen LogP contribution in [0.15, 0.2) is 42.5 Å². The molecule has 0 aliphatic heterocycles. The molecule has 0 aliphatic carbocycles. The molecule has 0 unspecified atom stereocenters. The molecule has 1 N–H and O–H groups in total. The number of hydrogen-bond acceptors (Lipinski definition) is 2. The van der Waals surface area contributed by atoms with Crippen molar-refractivity contribution in [2.45, 2.75) is 19.3 Å². The standard InChI is InChI=1S/C18H18Cl3NO2/c19-14-4-6-15(7-5-14)24-10-2-1-9-22-18(23)12-13-3-8-16(20)17(21)11-13/h3-8,11H,1-2,9-10,12H2,(H,22,23). The van der Waals surface area contributed by atoms with Crippen molar-refractivity contribution in [1.29, 1.82) is 0 Å². The fraction of sp³-hybridized carbons (Fsp3) is 0.278. The van der Waals surface area contributed by atoms with Gasteiger partial charge >= 0.3 is 0 Å². The first kappa shape index (κ1) is 18.9. The van der Waals surface area contributed by atoms with Crippen LogP contribution in [0.4, 0.5) is 0 Å². The normalized spacial score (nSPS) is 10.5. The number of carbonyl (C=O) groups excluding carboxylic acids is 1. The number of carbonyl (C=O) groups is 1. The van der Waals surface area contributed by atoms with Crippen LogP contribution >= 0.6 is 34.8 Å². The number of hydrogen-bond donors (Lipinski definition) is 1. The lowest BCUT2D eigenvalue weighted by Gasteiger charge is -2.08. The van der Waals surface area contributed by atoms with E-state index in [2.05, 4.69) is 5.32 Å². The zero-order chi connectivity index (χ0) is 17.4. The van der Waals surface area contributed by atoms with E-state index in [0.29, 0.717) is 28.2 Å². The van der Waals surface area contributed by atoms with Crippen molar-refractivity contribution in [1.82, 2.24) is 5.32 Å². The second-order valence-electron chi connectivity index (χ2n) is 5.28. The van der Waals surface area contributed by atoms with Gasteiger partial charge in [-0.2, -0.15) is 0 Å². The molecule has 1 amide bonds. The molecule has 0 atom stereocenters. The van der Waals surface area contributed by atoms with Crippen molar-refractivity contribution < 1.29 is 9.53 Å². The first-order chi connectivity index (χ1) is 11.5. The summed E-state index contributed by atoms with van der Waals surface area (Å²) in [6.07, 6.45) is 1.99. The van der Waals surface area contributed by atoms with Crippen LogP contribution in [0, 0.1) is 0 Å². The van der Waals surface area contributed by atoms with Crippen LogP contribution in [-0.2, 0) is 11.2 Å². The van der Waals surface area contributed by atoms with Gasteiger partial charge in [-0.05, 0) is 54.8 Å². The Morgan fingerprint density at radius 2 is 1.71 bits per heavy atom. The lowest BCUT2D eigenvalue weighted by molar-refractivity contribution is -0.120. The first-order valence-electron chi connectivity index (χ1n) is 7.63. The molecule has 0 aliphatic rings. The smallest absolute Gasteiger partial charge is 0.224 e. The quantitative estimate of drug-likeness (QED) is 0.636. The van der Waals surface area contributed by atoms with Gasteiger partial charge in [-0.25, -0.2) is 0 Å². The van der Waals surface area contributed by atoms with Crippen LogP contribution < -0.4 is 10.1 Å². The Morgan fingerprint density at radius 3 is 2.42 bits per heavy atom. The van der Waals surface area contributed by atoms with E-state index >= 15 is 0 Å². The molecule has 0 saturated carbocycles. The summed E-state index contributed by atoms with van der Waals surface area (Å²) in [6, 6.07) is 12.5. The Bertz CT molecular complexity index is 674. The number of amides is 1. The largest absolute Gasteiger partial charge is 0.494 e. The molecule has 0 saturated heterocycles. The van der Waals surface area contributed by atoms with Gasteiger partial charge in [-0.1, -0.05) is 40.9 Å². The maximum Gasteiger partial charge on any atom is 0.224 e. The van der Waals surface area contributed by atoms with Crippen molar-refractivity contribution in [3.8, 4) is 5.75 Å². The van der Waals surface area contributed by atoms with Crippen LogP contribution in [0.2, 0.25) is 15.1 Å². The molecule has 0 radical (unpaired) electrons. The second kappa shape index (κ2) is 9.77. The molecule has 3 nitrogen and oxygen atoms in total. The predicted molar refractivity (Wildman–Crippen MR) is 99.4 cm³/mol. The molecular weight excluding hydrogens is 369 g/mol. The van der Waals surface area contributed by atoms with Crippen LogP contribution in [0.25, 0.3) is 0 Å². The molecule has 2 aromatic carbocycles. The van der Waals surface area contributed by atoms with Crippen molar-refractivity contribution in [3.63, 3.8) is 0 Å². The minimum Gasteiger partial charge on any atom is -0.494 e. The van der Waals surface area contributed by atoms with E-state index in [4.69, 9.17) is 39.5 Å². The molecule has 0 heterocycles. The lowest BCUT2D eigenvalue weighted by Crippen LogP contribution is -2.26. The third-order valence-electron chi connectivity index (χ3n) is 3.32. The predicted octanol–water partition coefficient (Wildman–Crippen LogP) is 5.16. The highest BCUT2D eigenvalue weighted by atomic mass is 35.5. The van der Waals surface area contributed by atoms with Crippen molar-refractivity contribution >= 4 is 40.7 Å². The maximum absolute atomic E-state index is 11.9. The summed E-state index contributed by atoms with van der Waals surface area (Å²) in [7, 11) is 0. The minimum absolute atomic E-state index is 0.0352. The highest BCUT2D eigenvalue weighted by Gasteiger charge is 2.05. The van der Waals surface area contributed by atoms with Crippen LogP contribution in [-0.4, -0.2) is 19.1 Å². The Hall–Kier alpha value is -1.42. The molecule has 0 spiro atoms. The first-order valence-corrected chi connectivity index (χ1v) is 8.77. The van der Waals surface area contributed by atoms with Gasteiger partial charge in [-0.15, -0.1) is 0 Å². The topological polar surface area (TPSA) is 38.3 Å². The van der Waals surface area contributed by atoms with Gasteiger partial charge in [0.2, 0.25) is 5.91 Å². The van der Waals surface area contributed by atoms with Gasteiger partial charge < -0.3 is 10.1 Å². The Labute approximate surface area is 156 Å². The Morgan fingerprint density at radius 1 is 0.958 bits per heavy atom. The number of rotatable bonds is 8. The monoisotopic (exact) mass is 385 g/mol. The van der Waals surface area contributed by atoms with E-state index in [1.54, 1.807) is 30.3 Å². The molecule has 0 fully saturated rings. The molecule has 2 aromatic rings. The van der Waals surface area contributed by atoms with Crippen molar-refractivity contribution in [2.24, 2.45) is 0 Å². The molecular formula is C18H18Cl3NO2. The number of benzene rings is 2. The minimum atomic E-state index is -0.0352. The van der Waals surface area contributed by atoms with E-state index in [-0.39, 0.29) is 12.3 Å². The number of halogens is 3. The zero-order valence-corrected chi connectivity index (χ0v) is 15.3. The van der Waals surface area contributed by atoms with Gasteiger partial charge in [0.05, 0.1) is 23.1 Å². The summed E-state index contributed by atoms with van der Waals surface area (Å²) in [4.78, 5) is 11.9. The Kier molecular flexibility index (Phi) is 7.70. The summed E-state index contributed by atoms with van der Waals surface area (Å²) in [5.74, 6) is 0.759. The third kappa shape index (κ3) is 6.60. The highest BCUT2D eigenvalue weighted by molar-refractivity contribution is 6.42. The summed E-state index contributed by atoms with van der Waals surface area (Å²) in [5.41, 5.74) is 0.841. The molecule has 128 valence electrons. The van der Waals surface area contributed by atoms with Crippen molar-refractivity contribution in [3.05, 3.63) is 63.1 Å². The summed E-state index contributed by atoms with van der Waals surface area (Å²) in [5, 5.41) is 4.52. The van der Waals surface area contributed by atoms with Gasteiger partial charge in [0.25, 0.3) is 0 Å². The average Bonchev–Trinajstić information content (AvgIpc) is 2.56. The molecule has 6 heteroatoms. The average molecular weight is 387 g/mol. The SMILES string of the molecule is O=C(Cc1ccc(Cl)c(Cl)c1)NCCCCOc1ccc(Cl)cc1. The lowest BCUT2D eigenvalue weighted by atomic mass is 10.1. The second-order valence-corrected chi connectivity index (χ2v) is 6.54. The maximum atomic E-state index is 11.9. The zero-order valence-electron chi connectivity index (χ0n) is 13.0. The summed E-state index contributed by atoms with van der Waals surface area (Å²) in [6.45, 7) is 1.22. The van der Waals surface area contributed by atoms with Crippen LogP contribution in [0.5, 0.6) is 5.75 Å². The van der Waals surface area contributed by atoms with E-state index in [9.17, 15) is 4.79 Å². The van der Waals surface area contributed by atoms with Gasteiger partial charge in [0, 0.05) is 11.6 Å². The summed E-state index contributed by atoms with van der Waals surface area (Å²) < 4.78 is 5.59. The van der Waals surface area contributed by atoms with E-state index in [1.807, 2.05) is 12.1 Å². The fourth-order valence-electron chi connectivity index (χ4n) is 2.07. The van der Waals surface area contributed by atoms with Crippen LogP contribution in [0.1, 0.15) is 18.4 Å². The summed E-state index contributed by atoms with van der Waals surface area (Å²) >= 11 is 17.6. The van der Waals surface area contributed by atoms with Gasteiger partial charge in [-0.3, -0.25) is 4.79 Å². The number of unbranched alkanes of at least 4 members (excludes halogenated alkanes) is 1. The highest BCUT2D eigenvalue weighted by Crippen LogP contribution is 2.22. The molecule has 24 heavy (non-hydrogen) atoms. The molecule has 0 aromatic heterocycles. The van der Waals surface area contributed by atoms with Gasteiger partial charge in [0.1, 0.15) is 5.75 Å². The van der Waals surface area contributed by atoms with Crippen molar-refractivity contribution in [2.75, 3.05) is 13.2 Å². The third-order valence-corrected chi connectivity index (χ3v) is 4.32. The van der Waals surface area contributed by atoms with Crippen LogP contribution in [0.3, 0.4) is 0 Å². The Balaban J connectivity index is 1.59. The molecule has 0 bridgehead atoms. The fourth-order valence-corrected chi connectivity index (χ4v) is 2.52. The number of nitrogens with one attached hydrogen (secondary N) is 1. The molecule has 2 rings (SSSR count).